The first-order valence-electron chi connectivity index (χ1n) is 11.0. The number of benzene rings is 3. The van der Waals surface area contributed by atoms with Gasteiger partial charge < -0.3 is 4.74 Å². The lowest BCUT2D eigenvalue weighted by Crippen LogP contribution is -2.22. The van der Waals surface area contributed by atoms with Crippen LogP contribution in [-0.2, 0) is 11.8 Å². The number of aldehydes is 1. The summed E-state index contributed by atoms with van der Waals surface area (Å²) in [7, 11) is 0.484. The van der Waals surface area contributed by atoms with Crippen molar-refractivity contribution in [3.8, 4) is 5.75 Å². The smallest absolute Gasteiger partial charge is 0.150 e. The molecule has 2 atom stereocenters. The van der Waals surface area contributed by atoms with E-state index in [9.17, 15) is 4.79 Å². The van der Waals surface area contributed by atoms with E-state index in [1.54, 1.807) is 0 Å². The summed E-state index contributed by atoms with van der Waals surface area (Å²) in [6.45, 7) is 11.4. The van der Waals surface area contributed by atoms with Crippen LogP contribution in [-0.4, -0.2) is 6.29 Å². The van der Waals surface area contributed by atoms with Crippen LogP contribution in [0.15, 0.2) is 60.7 Å². The van der Waals surface area contributed by atoms with Gasteiger partial charge in [0.05, 0.1) is 0 Å². The summed E-state index contributed by atoms with van der Waals surface area (Å²) in [6, 6.07) is 21.0. The molecule has 0 aliphatic rings. The first-order chi connectivity index (χ1) is 14.9. The molecule has 0 fully saturated rings. The molecule has 2 unspecified atom stereocenters. The lowest BCUT2D eigenvalue weighted by molar-refractivity contribution is 0.112. The van der Waals surface area contributed by atoms with Crippen molar-refractivity contribution in [3.63, 3.8) is 0 Å². The fourth-order valence-corrected chi connectivity index (χ4v) is 5.97. The Morgan fingerprint density at radius 1 is 0.968 bits per heavy atom. The van der Waals surface area contributed by atoms with Crippen molar-refractivity contribution in [3.05, 3.63) is 94.0 Å². The lowest BCUT2D eigenvalue weighted by Gasteiger charge is -2.33. The predicted molar refractivity (Wildman–Crippen MR) is 133 cm³/mol. The molecular weight excluding hydrogens is 399 g/mol. The van der Waals surface area contributed by atoms with Crippen molar-refractivity contribution in [2.24, 2.45) is 0 Å². The molecule has 0 saturated heterocycles. The van der Waals surface area contributed by atoms with Gasteiger partial charge in [0.15, 0.2) is 6.29 Å². The molecular formula is C28H33O2P. The molecule has 3 aromatic carbocycles. The molecule has 0 heterocycles. The van der Waals surface area contributed by atoms with E-state index in [2.05, 4.69) is 64.1 Å². The highest BCUT2D eigenvalue weighted by molar-refractivity contribution is 7.48. The molecule has 0 amide bonds. The minimum atomic E-state index is -0.107. The van der Waals surface area contributed by atoms with Gasteiger partial charge in [-0.05, 0) is 49.7 Å². The van der Waals surface area contributed by atoms with E-state index in [-0.39, 0.29) is 5.16 Å². The van der Waals surface area contributed by atoms with Gasteiger partial charge in [-0.3, -0.25) is 4.79 Å². The largest absolute Gasteiger partial charge is 0.488 e. The van der Waals surface area contributed by atoms with Gasteiger partial charge in [0.1, 0.15) is 12.4 Å². The molecule has 162 valence electrons. The van der Waals surface area contributed by atoms with Gasteiger partial charge in [-0.1, -0.05) is 94.6 Å². The molecule has 31 heavy (non-hydrogen) atoms. The maximum absolute atomic E-state index is 11.8. The number of hydrogen-bond donors (Lipinski definition) is 0. The summed E-state index contributed by atoms with van der Waals surface area (Å²) in [6.07, 6.45) is 3.09. The zero-order chi connectivity index (χ0) is 22.4. The lowest BCUT2D eigenvalue weighted by atomic mass is 9.91. The number of hydrogen-bond acceptors (Lipinski definition) is 2. The maximum Gasteiger partial charge on any atom is 0.150 e. The summed E-state index contributed by atoms with van der Waals surface area (Å²) in [5, 5.41) is 1.02. The Balaban J connectivity index is 2.04. The zero-order valence-corrected chi connectivity index (χ0v) is 20.3. The normalized spacial score (nSPS) is 13.3. The van der Waals surface area contributed by atoms with E-state index >= 15 is 0 Å². The van der Waals surface area contributed by atoms with Gasteiger partial charge in [0, 0.05) is 16.3 Å². The quantitative estimate of drug-likeness (QED) is 0.268. The van der Waals surface area contributed by atoms with Crippen LogP contribution in [0.5, 0.6) is 5.75 Å². The van der Waals surface area contributed by atoms with Crippen LogP contribution in [0.4, 0.5) is 0 Å². The molecule has 0 aromatic heterocycles. The summed E-state index contributed by atoms with van der Waals surface area (Å²) in [4.78, 5) is 11.8. The number of aryl methyl sites for hydroxylation is 3. The molecule has 0 N–H and O–H groups in total. The highest BCUT2D eigenvalue weighted by Gasteiger charge is 2.31. The van der Waals surface area contributed by atoms with Crippen LogP contribution in [0.2, 0.25) is 0 Å². The van der Waals surface area contributed by atoms with Gasteiger partial charge in [-0.25, -0.2) is 0 Å². The summed E-state index contributed by atoms with van der Waals surface area (Å²) in [5.41, 5.74) is 6.74. The van der Waals surface area contributed by atoms with Gasteiger partial charge in [-0.15, -0.1) is 0 Å². The Kier molecular flexibility index (Phi) is 7.68. The summed E-state index contributed by atoms with van der Waals surface area (Å²) in [5.74, 6) is 0.984. The minimum absolute atomic E-state index is 0.107. The van der Waals surface area contributed by atoms with E-state index < -0.39 is 0 Å². The van der Waals surface area contributed by atoms with E-state index in [0.29, 0.717) is 15.2 Å². The van der Waals surface area contributed by atoms with Crippen molar-refractivity contribution in [1.29, 1.82) is 0 Å². The molecule has 0 radical (unpaired) electrons. The van der Waals surface area contributed by atoms with Crippen molar-refractivity contribution in [1.82, 2.24) is 0 Å². The molecule has 0 spiro atoms. The first kappa shape index (κ1) is 23.2. The van der Waals surface area contributed by atoms with Crippen molar-refractivity contribution < 1.29 is 9.53 Å². The molecule has 3 aromatic rings. The van der Waals surface area contributed by atoms with E-state index in [0.717, 1.165) is 52.4 Å². The molecule has 0 aliphatic carbocycles. The fourth-order valence-electron chi connectivity index (χ4n) is 4.24. The van der Waals surface area contributed by atoms with Crippen molar-refractivity contribution in [2.45, 2.75) is 59.2 Å². The third kappa shape index (κ3) is 5.63. The Hall–Kier alpha value is -2.44. The molecule has 0 aliphatic heterocycles. The summed E-state index contributed by atoms with van der Waals surface area (Å²) >= 11 is 0. The number of carbonyl (C=O) groups is 1. The van der Waals surface area contributed by atoms with Crippen LogP contribution in [0, 0.1) is 20.8 Å². The van der Waals surface area contributed by atoms with Gasteiger partial charge in [0.25, 0.3) is 0 Å². The van der Waals surface area contributed by atoms with Crippen molar-refractivity contribution >= 4 is 20.2 Å². The van der Waals surface area contributed by atoms with Crippen molar-refractivity contribution in [2.75, 3.05) is 0 Å². The van der Waals surface area contributed by atoms with E-state index in [1.165, 1.54) is 11.1 Å². The zero-order valence-electron chi connectivity index (χ0n) is 19.3. The molecule has 0 bridgehead atoms. The second-order valence-corrected chi connectivity index (χ2v) is 10.5. The van der Waals surface area contributed by atoms with Gasteiger partial charge >= 0.3 is 0 Å². The average Bonchev–Trinajstić information content (AvgIpc) is 2.75. The van der Waals surface area contributed by atoms with Crippen LogP contribution >= 0.6 is 8.58 Å². The molecule has 2 nitrogen and oxygen atoms in total. The number of rotatable bonds is 9. The molecule has 3 heteroatoms. The monoisotopic (exact) mass is 432 g/mol. The SMILES string of the molecule is CCCC(C)(Pc1ccc(C)cc1C=O)c1cc(C)cc(C)c1OCc1ccccc1. The third-order valence-corrected chi connectivity index (χ3v) is 7.53. The second kappa shape index (κ2) is 10.2. The number of ether oxygens (including phenoxy) is 1. The Labute approximate surface area is 188 Å². The Bertz CT molecular complexity index is 1040. The van der Waals surface area contributed by atoms with Gasteiger partial charge in [-0.2, -0.15) is 0 Å². The van der Waals surface area contributed by atoms with Crippen LogP contribution in [0.25, 0.3) is 0 Å². The topological polar surface area (TPSA) is 26.3 Å². The highest BCUT2D eigenvalue weighted by Crippen LogP contribution is 2.49. The van der Waals surface area contributed by atoms with Gasteiger partial charge in [0.2, 0.25) is 0 Å². The fraction of sp³-hybridized carbons (Fsp3) is 0.321. The average molecular weight is 433 g/mol. The second-order valence-electron chi connectivity index (χ2n) is 8.65. The Morgan fingerprint density at radius 2 is 1.71 bits per heavy atom. The molecule has 3 rings (SSSR count). The number of carbonyl (C=O) groups excluding carboxylic acids is 1. The predicted octanol–water partition coefficient (Wildman–Crippen LogP) is 7.02. The summed E-state index contributed by atoms with van der Waals surface area (Å²) < 4.78 is 6.45. The highest BCUT2D eigenvalue weighted by atomic mass is 31.1. The Morgan fingerprint density at radius 3 is 2.39 bits per heavy atom. The minimum Gasteiger partial charge on any atom is -0.488 e. The van der Waals surface area contributed by atoms with E-state index in [4.69, 9.17) is 4.74 Å². The van der Waals surface area contributed by atoms with E-state index in [1.807, 2.05) is 31.2 Å². The third-order valence-electron chi connectivity index (χ3n) is 5.73. The maximum atomic E-state index is 11.8. The van der Waals surface area contributed by atoms with Crippen LogP contribution in [0.1, 0.15) is 64.9 Å². The molecule has 0 saturated carbocycles. The standard InChI is InChI=1S/C28H33O2P/c1-6-14-28(5,31-26-13-12-20(2)16-24(26)18-29)25-17-21(3)15-22(4)27(25)30-19-23-10-8-7-9-11-23/h7-13,15-18,31H,6,14,19H2,1-5H3. The van der Waals surface area contributed by atoms with Crippen LogP contribution < -0.4 is 10.0 Å². The van der Waals surface area contributed by atoms with Crippen LogP contribution in [0.3, 0.4) is 0 Å². The first-order valence-corrected chi connectivity index (χ1v) is 12.0.